The van der Waals surface area contributed by atoms with Gasteiger partial charge in [0.2, 0.25) is 5.91 Å². The molecule has 0 fully saturated rings. The molecular weight excluding hydrogens is 295 g/mol. The second-order valence-electron chi connectivity index (χ2n) is 4.56. The number of amides is 1. The molecule has 1 N–H and O–H groups in total. The molecule has 0 radical (unpaired) electrons. The molecule has 0 aromatic heterocycles. The van der Waals surface area contributed by atoms with Gasteiger partial charge in [0, 0.05) is 12.1 Å². The van der Waals surface area contributed by atoms with E-state index in [4.69, 9.17) is 11.6 Å². The van der Waals surface area contributed by atoms with E-state index in [1.54, 1.807) is 18.2 Å². The predicted molar refractivity (Wildman–Crippen MR) is 68.9 cm³/mol. The lowest BCUT2D eigenvalue weighted by molar-refractivity contribution is -0.173. The molecule has 1 heterocycles. The summed E-state index contributed by atoms with van der Waals surface area (Å²) >= 11 is 6.03. The highest BCUT2D eigenvalue weighted by molar-refractivity contribution is 6.21. The van der Waals surface area contributed by atoms with Crippen LogP contribution in [0.4, 0.5) is 18.9 Å². The summed E-state index contributed by atoms with van der Waals surface area (Å²) in [6.45, 7) is -1.52. The number of fused-ring (bicyclic) bond motifs is 1. The van der Waals surface area contributed by atoms with E-state index in [1.165, 1.54) is 0 Å². The molecule has 20 heavy (non-hydrogen) atoms. The molecule has 1 aromatic carbocycles. The molecule has 0 saturated heterocycles. The Kier molecular flexibility index (Phi) is 4.55. The molecule has 0 spiro atoms. The number of rotatable bonds is 4. The van der Waals surface area contributed by atoms with E-state index in [2.05, 4.69) is 10.1 Å². The molecule has 2 rings (SSSR count). The van der Waals surface area contributed by atoms with Crippen LogP contribution in [-0.4, -0.2) is 25.3 Å². The number of carbonyl (C=O) groups is 1. The summed E-state index contributed by atoms with van der Waals surface area (Å²) in [5, 5.41) is 2.07. The van der Waals surface area contributed by atoms with Gasteiger partial charge in [0.25, 0.3) is 0 Å². The summed E-state index contributed by atoms with van der Waals surface area (Å²) in [6, 6.07) is 5.18. The summed E-state index contributed by atoms with van der Waals surface area (Å²) in [4.78, 5) is 11.2. The fraction of sp³-hybridized carbons (Fsp3) is 0.462. The van der Waals surface area contributed by atoms with Crippen molar-refractivity contribution in [2.24, 2.45) is 0 Å². The first-order valence-corrected chi connectivity index (χ1v) is 6.50. The van der Waals surface area contributed by atoms with Crippen molar-refractivity contribution in [3.63, 3.8) is 0 Å². The average molecular weight is 308 g/mol. The van der Waals surface area contributed by atoms with Gasteiger partial charge in [0.05, 0.1) is 12.0 Å². The van der Waals surface area contributed by atoms with Crippen LogP contribution in [0.15, 0.2) is 18.2 Å². The van der Waals surface area contributed by atoms with Gasteiger partial charge in [-0.05, 0) is 23.6 Å². The SMILES string of the molecule is O=C1CCc2cc(C(Cl)COCC(F)(F)F)ccc2N1. The van der Waals surface area contributed by atoms with Crippen LogP contribution in [0.25, 0.3) is 0 Å². The number of carbonyl (C=O) groups excluding carboxylic acids is 1. The van der Waals surface area contributed by atoms with Crippen LogP contribution in [0, 0.1) is 0 Å². The van der Waals surface area contributed by atoms with Crippen molar-refractivity contribution >= 4 is 23.2 Å². The second kappa shape index (κ2) is 6.01. The van der Waals surface area contributed by atoms with Gasteiger partial charge in [-0.25, -0.2) is 0 Å². The maximum atomic E-state index is 12.0. The Morgan fingerprint density at radius 2 is 2.10 bits per heavy atom. The van der Waals surface area contributed by atoms with Gasteiger partial charge in [0.15, 0.2) is 0 Å². The molecule has 1 aliphatic heterocycles. The van der Waals surface area contributed by atoms with Crippen molar-refractivity contribution in [2.45, 2.75) is 24.4 Å². The first kappa shape index (κ1) is 15.1. The Balaban J connectivity index is 1.97. The van der Waals surface area contributed by atoms with Gasteiger partial charge < -0.3 is 10.1 Å². The first-order valence-electron chi connectivity index (χ1n) is 6.06. The average Bonchev–Trinajstić information content (AvgIpc) is 2.36. The molecule has 7 heteroatoms. The van der Waals surface area contributed by atoms with Crippen molar-refractivity contribution in [1.82, 2.24) is 0 Å². The third-order valence-electron chi connectivity index (χ3n) is 2.92. The number of hydrogen-bond donors (Lipinski definition) is 1. The van der Waals surface area contributed by atoms with Crippen molar-refractivity contribution in [2.75, 3.05) is 18.5 Å². The predicted octanol–water partition coefficient (Wildman–Crippen LogP) is 3.43. The summed E-state index contributed by atoms with van der Waals surface area (Å²) in [7, 11) is 0. The molecule has 0 saturated carbocycles. The number of nitrogens with one attached hydrogen (secondary N) is 1. The van der Waals surface area contributed by atoms with Crippen LogP contribution < -0.4 is 5.32 Å². The highest BCUT2D eigenvalue weighted by atomic mass is 35.5. The molecule has 0 aliphatic carbocycles. The van der Waals surface area contributed by atoms with Crippen LogP contribution in [0.2, 0.25) is 0 Å². The largest absolute Gasteiger partial charge is 0.411 e. The van der Waals surface area contributed by atoms with Crippen LogP contribution in [0.5, 0.6) is 0 Å². The number of alkyl halides is 4. The number of hydrogen-bond acceptors (Lipinski definition) is 2. The summed E-state index contributed by atoms with van der Waals surface area (Å²) in [5.41, 5.74) is 2.34. The summed E-state index contributed by atoms with van der Waals surface area (Å²) < 4.78 is 40.4. The van der Waals surface area contributed by atoms with Crippen molar-refractivity contribution < 1.29 is 22.7 Å². The molecule has 1 atom stereocenters. The molecule has 1 amide bonds. The van der Waals surface area contributed by atoms with Gasteiger partial charge in [-0.3, -0.25) is 4.79 Å². The fourth-order valence-electron chi connectivity index (χ4n) is 1.97. The van der Waals surface area contributed by atoms with E-state index >= 15 is 0 Å². The van der Waals surface area contributed by atoms with Gasteiger partial charge in [-0.1, -0.05) is 12.1 Å². The molecule has 1 unspecified atom stereocenters. The molecular formula is C13H13ClF3NO2. The van der Waals surface area contributed by atoms with Crippen molar-refractivity contribution in [1.29, 1.82) is 0 Å². The minimum atomic E-state index is -4.35. The van der Waals surface area contributed by atoms with Crippen LogP contribution in [-0.2, 0) is 16.0 Å². The van der Waals surface area contributed by atoms with Gasteiger partial charge in [-0.15, -0.1) is 11.6 Å². The third kappa shape index (κ3) is 4.11. The molecule has 1 aliphatic rings. The summed E-state index contributed by atoms with van der Waals surface area (Å²) in [6.07, 6.45) is -3.35. The number of benzene rings is 1. The zero-order valence-corrected chi connectivity index (χ0v) is 11.2. The highest BCUT2D eigenvalue weighted by Crippen LogP contribution is 2.29. The highest BCUT2D eigenvalue weighted by Gasteiger charge is 2.28. The minimum Gasteiger partial charge on any atom is -0.370 e. The van der Waals surface area contributed by atoms with E-state index in [-0.39, 0.29) is 12.5 Å². The number of halogens is 4. The van der Waals surface area contributed by atoms with E-state index in [0.717, 1.165) is 11.3 Å². The number of aryl methyl sites for hydroxylation is 1. The van der Waals surface area contributed by atoms with E-state index in [1.807, 2.05) is 0 Å². The number of anilines is 1. The van der Waals surface area contributed by atoms with Gasteiger partial charge >= 0.3 is 6.18 Å². The fourth-order valence-corrected chi connectivity index (χ4v) is 2.20. The lowest BCUT2D eigenvalue weighted by Gasteiger charge is -2.19. The molecule has 110 valence electrons. The second-order valence-corrected chi connectivity index (χ2v) is 5.09. The molecule has 3 nitrogen and oxygen atoms in total. The zero-order valence-electron chi connectivity index (χ0n) is 10.5. The normalized spacial score (nSPS) is 16.5. The minimum absolute atomic E-state index is 0.0406. The Morgan fingerprint density at radius 1 is 1.35 bits per heavy atom. The first-order chi connectivity index (χ1) is 9.35. The standard InChI is InChI=1S/C13H13ClF3NO2/c14-10(6-20-7-13(15,16)17)8-1-3-11-9(5-8)2-4-12(19)18-11/h1,3,5,10H,2,4,6-7H2,(H,18,19). The van der Waals surface area contributed by atoms with Gasteiger partial charge in [-0.2, -0.15) is 13.2 Å². The maximum Gasteiger partial charge on any atom is 0.411 e. The third-order valence-corrected chi connectivity index (χ3v) is 3.29. The Morgan fingerprint density at radius 3 is 2.80 bits per heavy atom. The quantitative estimate of drug-likeness (QED) is 0.866. The molecule has 1 aromatic rings. The van der Waals surface area contributed by atoms with Crippen molar-refractivity contribution in [3.05, 3.63) is 29.3 Å². The smallest absolute Gasteiger partial charge is 0.370 e. The Labute approximate surface area is 119 Å². The van der Waals surface area contributed by atoms with Crippen LogP contribution in [0.3, 0.4) is 0 Å². The van der Waals surface area contributed by atoms with E-state index in [9.17, 15) is 18.0 Å². The molecule has 0 bridgehead atoms. The zero-order chi connectivity index (χ0) is 14.8. The lowest BCUT2D eigenvalue weighted by Crippen LogP contribution is -2.20. The Bertz CT molecular complexity index is 505. The topological polar surface area (TPSA) is 38.3 Å². The van der Waals surface area contributed by atoms with E-state index in [0.29, 0.717) is 18.4 Å². The monoisotopic (exact) mass is 307 g/mol. The number of ether oxygens (including phenoxy) is 1. The van der Waals surface area contributed by atoms with Gasteiger partial charge in [0.1, 0.15) is 6.61 Å². The van der Waals surface area contributed by atoms with Crippen LogP contribution in [0.1, 0.15) is 22.9 Å². The lowest BCUT2D eigenvalue weighted by atomic mass is 9.99. The van der Waals surface area contributed by atoms with Crippen LogP contribution >= 0.6 is 11.6 Å². The summed E-state index contributed by atoms with van der Waals surface area (Å²) in [5.74, 6) is -0.0406. The Hall–Kier alpha value is -1.27. The van der Waals surface area contributed by atoms with E-state index < -0.39 is 18.2 Å². The van der Waals surface area contributed by atoms with Crippen molar-refractivity contribution in [3.8, 4) is 0 Å². The maximum absolute atomic E-state index is 12.0.